The van der Waals surface area contributed by atoms with Crippen LogP contribution in [0.4, 0.5) is 0 Å². The number of nitrogens with zero attached hydrogens (tertiary/aromatic N) is 1. The lowest BCUT2D eigenvalue weighted by atomic mass is 10.0. The lowest BCUT2D eigenvalue weighted by Gasteiger charge is -2.12. The highest BCUT2D eigenvalue weighted by Crippen LogP contribution is 2.21. The van der Waals surface area contributed by atoms with Crippen molar-refractivity contribution < 1.29 is 0 Å². The highest BCUT2D eigenvalue weighted by atomic mass is 79.9. The first-order valence-corrected chi connectivity index (χ1v) is 7.70. The van der Waals surface area contributed by atoms with Crippen molar-refractivity contribution in [3.63, 3.8) is 0 Å². The maximum atomic E-state index is 6.22. The summed E-state index contributed by atoms with van der Waals surface area (Å²) in [5.74, 6) is 0. The fourth-order valence-electron chi connectivity index (χ4n) is 1.79. The Morgan fingerprint density at radius 2 is 2.00 bits per heavy atom. The van der Waals surface area contributed by atoms with E-state index in [1.807, 2.05) is 6.20 Å². The molecular weight excluding hydrogens is 308 g/mol. The molecule has 0 spiro atoms. The molecule has 2 nitrogen and oxygen atoms in total. The lowest BCUT2D eigenvalue weighted by Crippen LogP contribution is -2.13. The minimum Gasteiger partial charge on any atom is -0.324 e. The van der Waals surface area contributed by atoms with Crippen LogP contribution in [-0.2, 0) is 6.42 Å². The molecule has 0 aliphatic carbocycles. The Balaban J connectivity index is 2.09. The normalized spacial score (nSPS) is 12.4. The summed E-state index contributed by atoms with van der Waals surface area (Å²) in [5.41, 5.74) is 8.52. The Morgan fingerprint density at radius 1 is 1.28 bits per heavy atom. The summed E-state index contributed by atoms with van der Waals surface area (Å²) in [6, 6.07) is 10.5. The topological polar surface area (TPSA) is 38.9 Å². The van der Waals surface area contributed by atoms with E-state index in [-0.39, 0.29) is 6.04 Å². The van der Waals surface area contributed by atoms with Gasteiger partial charge in [0.25, 0.3) is 0 Å². The van der Waals surface area contributed by atoms with Crippen molar-refractivity contribution in [2.45, 2.75) is 17.4 Å². The average molecular weight is 323 g/mol. The lowest BCUT2D eigenvalue weighted by molar-refractivity contribution is 0.718. The smallest absolute Gasteiger partial charge is 0.0410 e. The molecule has 2 rings (SSSR count). The number of halogens is 1. The van der Waals surface area contributed by atoms with Crippen molar-refractivity contribution >= 4 is 27.7 Å². The predicted octanol–water partition coefficient (Wildman–Crippen LogP) is 3.81. The molecule has 1 atom stereocenters. The standard InChI is InChI=1S/C14H15BrN2S/c1-18-13-4-2-11(3-5-13)14(16)7-10-6-12(15)9-17-8-10/h2-6,8-9,14H,7,16H2,1H3. The van der Waals surface area contributed by atoms with Crippen LogP contribution in [0.5, 0.6) is 0 Å². The molecule has 0 saturated heterocycles. The maximum Gasteiger partial charge on any atom is 0.0410 e. The number of thioether (sulfide) groups is 1. The molecule has 2 N–H and O–H groups in total. The van der Waals surface area contributed by atoms with E-state index in [0.29, 0.717) is 0 Å². The number of hydrogen-bond acceptors (Lipinski definition) is 3. The van der Waals surface area contributed by atoms with E-state index in [2.05, 4.69) is 57.5 Å². The monoisotopic (exact) mass is 322 g/mol. The van der Waals surface area contributed by atoms with Gasteiger partial charge in [0.1, 0.15) is 0 Å². The third kappa shape index (κ3) is 3.57. The minimum absolute atomic E-state index is 0.0111. The first-order valence-electron chi connectivity index (χ1n) is 5.68. The van der Waals surface area contributed by atoms with Crippen molar-refractivity contribution in [3.8, 4) is 0 Å². The molecular formula is C14H15BrN2S. The number of benzene rings is 1. The van der Waals surface area contributed by atoms with Gasteiger partial charge < -0.3 is 5.73 Å². The van der Waals surface area contributed by atoms with Crippen LogP contribution in [0.1, 0.15) is 17.2 Å². The summed E-state index contributed by atoms with van der Waals surface area (Å²) in [5, 5.41) is 0. The second kappa shape index (κ2) is 6.36. The van der Waals surface area contributed by atoms with Crippen LogP contribution in [0.15, 0.2) is 52.1 Å². The minimum atomic E-state index is 0.0111. The first-order chi connectivity index (χ1) is 8.69. The molecule has 0 bridgehead atoms. The quantitative estimate of drug-likeness (QED) is 0.870. The molecule has 0 aliphatic heterocycles. The molecule has 2 aromatic rings. The average Bonchev–Trinajstić information content (AvgIpc) is 2.39. The van der Waals surface area contributed by atoms with Crippen LogP contribution in [-0.4, -0.2) is 11.2 Å². The summed E-state index contributed by atoms with van der Waals surface area (Å²) >= 11 is 5.16. The zero-order valence-corrected chi connectivity index (χ0v) is 12.5. The van der Waals surface area contributed by atoms with Crippen molar-refractivity contribution in [1.82, 2.24) is 4.98 Å². The van der Waals surface area contributed by atoms with Gasteiger partial charge in [-0.15, -0.1) is 11.8 Å². The second-order valence-electron chi connectivity index (χ2n) is 4.10. The Hall–Kier alpha value is -0.840. The SMILES string of the molecule is CSc1ccc(C(N)Cc2cncc(Br)c2)cc1. The molecule has 0 aliphatic rings. The number of nitrogens with two attached hydrogens (primary N) is 1. The van der Waals surface area contributed by atoms with E-state index >= 15 is 0 Å². The third-order valence-electron chi connectivity index (χ3n) is 2.76. The van der Waals surface area contributed by atoms with Gasteiger partial charge in [-0.25, -0.2) is 0 Å². The molecule has 1 heterocycles. The van der Waals surface area contributed by atoms with Gasteiger partial charge in [0.2, 0.25) is 0 Å². The zero-order chi connectivity index (χ0) is 13.0. The van der Waals surface area contributed by atoms with Crippen LogP contribution >= 0.6 is 27.7 Å². The Bertz CT molecular complexity index is 513. The van der Waals surface area contributed by atoms with Gasteiger partial charge in [0.05, 0.1) is 0 Å². The molecule has 0 radical (unpaired) electrons. The van der Waals surface area contributed by atoms with E-state index < -0.39 is 0 Å². The highest BCUT2D eigenvalue weighted by Gasteiger charge is 2.07. The number of pyridine rings is 1. The Morgan fingerprint density at radius 3 is 2.61 bits per heavy atom. The van der Waals surface area contributed by atoms with E-state index in [0.717, 1.165) is 22.0 Å². The van der Waals surface area contributed by atoms with Crippen LogP contribution < -0.4 is 5.73 Å². The molecule has 18 heavy (non-hydrogen) atoms. The predicted molar refractivity (Wildman–Crippen MR) is 80.8 cm³/mol. The van der Waals surface area contributed by atoms with E-state index in [1.165, 1.54) is 4.90 Å². The van der Waals surface area contributed by atoms with Crippen molar-refractivity contribution in [1.29, 1.82) is 0 Å². The van der Waals surface area contributed by atoms with Crippen LogP contribution in [0.25, 0.3) is 0 Å². The van der Waals surface area contributed by atoms with Crippen molar-refractivity contribution in [2.75, 3.05) is 6.26 Å². The third-order valence-corrected chi connectivity index (χ3v) is 3.94. The van der Waals surface area contributed by atoms with Gasteiger partial charge in [-0.3, -0.25) is 4.98 Å². The van der Waals surface area contributed by atoms with Crippen LogP contribution in [0.2, 0.25) is 0 Å². The zero-order valence-electron chi connectivity index (χ0n) is 10.1. The van der Waals surface area contributed by atoms with Gasteiger partial charge in [-0.2, -0.15) is 0 Å². The van der Waals surface area contributed by atoms with Crippen molar-refractivity contribution in [2.24, 2.45) is 5.73 Å². The summed E-state index contributed by atoms with van der Waals surface area (Å²) < 4.78 is 0.991. The summed E-state index contributed by atoms with van der Waals surface area (Å²) in [6.45, 7) is 0. The molecule has 94 valence electrons. The number of aromatic nitrogens is 1. The van der Waals surface area contributed by atoms with Gasteiger partial charge in [-0.05, 0) is 57.9 Å². The molecule has 0 amide bonds. The number of hydrogen-bond donors (Lipinski definition) is 1. The molecule has 0 saturated carbocycles. The van der Waals surface area contributed by atoms with Crippen LogP contribution in [0.3, 0.4) is 0 Å². The summed E-state index contributed by atoms with van der Waals surface area (Å²) in [6.07, 6.45) is 6.51. The Kier molecular flexibility index (Phi) is 4.80. The fourth-order valence-corrected chi connectivity index (χ4v) is 2.61. The van der Waals surface area contributed by atoms with Gasteiger partial charge in [-0.1, -0.05) is 12.1 Å². The van der Waals surface area contributed by atoms with Crippen LogP contribution in [0, 0.1) is 0 Å². The van der Waals surface area contributed by atoms with Gasteiger partial charge in [0.15, 0.2) is 0 Å². The van der Waals surface area contributed by atoms with Gasteiger partial charge in [0, 0.05) is 27.8 Å². The largest absolute Gasteiger partial charge is 0.324 e. The second-order valence-corrected chi connectivity index (χ2v) is 5.89. The molecule has 0 fully saturated rings. The first kappa shape index (κ1) is 13.6. The van der Waals surface area contributed by atoms with E-state index in [4.69, 9.17) is 5.73 Å². The van der Waals surface area contributed by atoms with Crippen molar-refractivity contribution in [3.05, 3.63) is 58.3 Å². The maximum absolute atomic E-state index is 6.22. The fraction of sp³-hybridized carbons (Fsp3) is 0.214. The number of rotatable bonds is 4. The van der Waals surface area contributed by atoms with E-state index in [9.17, 15) is 0 Å². The molecule has 1 unspecified atom stereocenters. The Labute approximate surface area is 120 Å². The van der Waals surface area contributed by atoms with E-state index in [1.54, 1.807) is 18.0 Å². The highest BCUT2D eigenvalue weighted by molar-refractivity contribution is 9.10. The molecule has 4 heteroatoms. The molecule has 1 aromatic heterocycles. The summed E-state index contributed by atoms with van der Waals surface area (Å²) in [4.78, 5) is 5.41. The summed E-state index contributed by atoms with van der Waals surface area (Å²) in [7, 11) is 0. The molecule has 1 aromatic carbocycles. The van der Waals surface area contributed by atoms with Gasteiger partial charge >= 0.3 is 0 Å².